The first-order valence-electron chi connectivity index (χ1n) is 9.32. The van der Waals surface area contributed by atoms with E-state index >= 15 is 0 Å². The molecule has 0 fully saturated rings. The van der Waals surface area contributed by atoms with Crippen molar-refractivity contribution in [3.8, 4) is 0 Å². The average molecular weight is 403 g/mol. The minimum Gasteiger partial charge on any atom is -0.469 e. The van der Waals surface area contributed by atoms with Crippen molar-refractivity contribution in [2.24, 2.45) is 0 Å². The number of nitrogens with zero attached hydrogens (tertiary/aromatic N) is 1. The third kappa shape index (κ3) is 5.51. The molecule has 152 valence electrons. The standard InChI is InChI=1S/C23H21N3O4/c1-30-21(27)15-20(16-7-3-2-4-8-16)26-22(28)17-10-12-18(13-11-17)25-23(29)19-9-5-6-14-24-19/h2-14,20H,15H2,1H3,(H,25,29)(H,26,28). The van der Waals surface area contributed by atoms with E-state index < -0.39 is 12.0 Å². The summed E-state index contributed by atoms with van der Waals surface area (Å²) in [6.07, 6.45) is 1.56. The number of anilines is 1. The van der Waals surface area contributed by atoms with Crippen LogP contribution in [0.15, 0.2) is 79.0 Å². The van der Waals surface area contributed by atoms with E-state index in [1.54, 1.807) is 48.7 Å². The highest BCUT2D eigenvalue weighted by molar-refractivity contribution is 6.03. The molecule has 0 radical (unpaired) electrons. The Hall–Kier alpha value is -4.00. The number of hydrogen-bond donors (Lipinski definition) is 2. The quantitative estimate of drug-likeness (QED) is 0.590. The lowest BCUT2D eigenvalue weighted by Gasteiger charge is -2.18. The zero-order chi connectivity index (χ0) is 21.3. The zero-order valence-electron chi connectivity index (χ0n) is 16.4. The number of esters is 1. The third-order valence-corrected chi connectivity index (χ3v) is 4.41. The van der Waals surface area contributed by atoms with Gasteiger partial charge in [-0.3, -0.25) is 19.4 Å². The van der Waals surface area contributed by atoms with E-state index in [1.807, 2.05) is 30.3 Å². The average Bonchev–Trinajstić information content (AvgIpc) is 2.80. The molecular weight excluding hydrogens is 382 g/mol. The van der Waals surface area contributed by atoms with Gasteiger partial charge in [0.05, 0.1) is 19.6 Å². The molecule has 30 heavy (non-hydrogen) atoms. The van der Waals surface area contributed by atoms with Gasteiger partial charge in [-0.15, -0.1) is 0 Å². The monoisotopic (exact) mass is 403 g/mol. The fraction of sp³-hybridized carbons (Fsp3) is 0.130. The summed E-state index contributed by atoms with van der Waals surface area (Å²) in [5.41, 5.74) is 2.04. The highest BCUT2D eigenvalue weighted by Gasteiger charge is 2.19. The molecule has 0 aliphatic heterocycles. The Morgan fingerprint density at radius 2 is 1.60 bits per heavy atom. The first-order chi connectivity index (χ1) is 14.6. The molecule has 2 aromatic carbocycles. The minimum atomic E-state index is -0.519. The number of aromatic nitrogens is 1. The van der Waals surface area contributed by atoms with Crippen LogP contribution in [0.5, 0.6) is 0 Å². The highest BCUT2D eigenvalue weighted by atomic mass is 16.5. The predicted molar refractivity (Wildman–Crippen MR) is 112 cm³/mol. The largest absolute Gasteiger partial charge is 0.469 e. The Bertz CT molecular complexity index is 1010. The Labute approximate surface area is 174 Å². The number of amides is 2. The molecule has 7 nitrogen and oxygen atoms in total. The maximum atomic E-state index is 12.7. The number of methoxy groups -OCH3 is 1. The molecule has 0 spiro atoms. The molecule has 3 aromatic rings. The van der Waals surface area contributed by atoms with Crippen molar-refractivity contribution in [3.05, 3.63) is 95.8 Å². The lowest BCUT2D eigenvalue weighted by molar-refractivity contribution is -0.141. The fourth-order valence-corrected chi connectivity index (χ4v) is 2.83. The molecule has 0 bridgehead atoms. The molecular formula is C23H21N3O4. The summed E-state index contributed by atoms with van der Waals surface area (Å²) >= 11 is 0. The first kappa shape index (κ1) is 20.7. The van der Waals surface area contributed by atoms with Gasteiger partial charge in [0.1, 0.15) is 5.69 Å². The van der Waals surface area contributed by atoms with Crippen molar-refractivity contribution in [1.29, 1.82) is 0 Å². The number of rotatable bonds is 7. The van der Waals surface area contributed by atoms with Gasteiger partial charge < -0.3 is 15.4 Å². The van der Waals surface area contributed by atoms with E-state index in [0.717, 1.165) is 5.56 Å². The van der Waals surface area contributed by atoms with Crippen molar-refractivity contribution >= 4 is 23.5 Å². The highest BCUT2D eigenvalue weighted by Crippen LogP contribution is 2.19. The molecule has 2 N–H and O–H groups in total. The number of carbonyl (C=O) groups is 3. The van der Waals surface area contributed by atoms with Gasteiger partial charge in [0, 0.05) is 17.4 Å². The molecule has 0 saturated carbocycles. The molecule has 3 rings (SSSR count). The van der Waals surface area contributed by atoms with Crippen LogP contribution >= 0.6 is 0 Å². The van der Waals surface area contributed by atoms with Gasteiger partial charge in [0.2, 0.25) is 0 Å². The summed E-state index contributed by atoms with van der Waals surface area (Å²) in [5, 5.41) is 5.59. The lowest BCUT2D eigenvalue weighted by atomic mass is 10.0. The maximum Gasteiger partial charge on any atom is 0.307 e. The van der Waals surface area contributed by atoms with Crippen LogP contribution in [0.3, 0.4) is 0 Å². The Morgan fingerprint density at radius 3 is 2.23 bits per heavy atom. The Balaban J connectivity index is 1.68. The van der Waals surface area contributed by atoms with Gasteiger partial charge in [0.25, 0.3) is 11.8 Å². The molecule has 0 saturated heterocycles. The van der Waals surface area contributed by atoms with Crippen LogP contribution < -0.4 is 10.6 Å². The number of benzene rings is 2. The number of hydrogen-bond acceptors (Lipinski definition) is 5. The van der Waals surface area contributed by atoms with E-state index in [-0.39, 0.29) is 18.2 Å². The van der Waals surface area contributed by atoms with Gasteiger partial charge in [-0.05, 0) is 42.0 Å². The van der Waals surface area contributed by atoms with Crippen molar-refractivity contribution in [2.75, 3.05) is 12.4 Å². The van der Waals surface area contributed by atoms with Crippen molar-refractivity contribution in [3.63, 3.8) is 0 Å². The summed E-state index contributed by atoms with van der Waals surface area (Å²) in [6.45, 7) is 0. The predicted octanol–water partition coefficient (Wildman–Crippen LogP) is 3.37. The summed E-state index contributed by atoms with van der Waals surface area (Å²) in [4.78, 5) is 40.6. The summed E-state index contributed by atoms with van der Waals surface area (Å²) in [5.74, 6) is -1.10. The topological polar surface area (TPSA) is 97.4 Å². The second kappa shape index (κ2) is 9.97. The van der Waals surface area contributed by atoms with Crippen LogP contribution in [-0.2, 0) is 9.53 Å². The van der Waals surface area contributed by atoms with Crippen LogP contribution in [-0.4, -0.2) is 29.9 Å². The van der Waals surface area contributed by atoms with Gasteiger partial charge in [-0.25, -0.2) is 0 Å². The van der Waals surface area contributed by atoms with E-state index in [4.69, 9.17) is 4.74 Å². The van der Waals surface area contributed by atoms with Crippen LogP contribution in [0.1, 0.15) is 38.9 Å². The van der Waals surface area contributed by atoms with Gasteiger partial charge in [-0.2, -0.15) is 0 Å². The lowest BCUT2D eigenvalue weighted by Crippen LogP contribution is -2.30. The number of nitrogens with one attached hydrogen (secondary N) is 2. The Kier molecular flexibility index (Phi) is 6.89. The smallest absolute Gasteiger partial charge is 0.307 e. The second-order valence-electron chi connectivity index (χ2n) is 6.46. The third-order valence-electron chi connectivity index (χ3n) is 4.41. The number of carbonyl (C=O) groups excluding carboxylic acids is 3. The van der Waals surface area contributed by atoms with Gasteiger partial charge in [-0.1, -0.05) is 36.4 Å². The minimum absolute atomic E-state index is 0.0183. The van der Waals surface area contributed by atoms with Crippen LogP contribution in [0.25, 0.3) is 0 Å². The summed E-state index contributed by atoms with van der Waals surface area (Å²) in [7, 11) is 1.31. The van der Waals surface area contributed by atoms with Crippen molar-refractivity contribution in [2.45, 2.75) is 12.5 Å². The van der Waals surface area contributed by atoms with E-state index in [2.05, 4.69) is 15.6 Å². The number of pyridine rings is 1. The van der Waals surface area contributed by atoms with Gasteiger partial charge >= 0.3 is 5.97 Å². The zero-order valence-corrected chi connectivity index (χ0v) is 16.4. The van der Waals surface area contributed by atoms with Crippen molar-refractivity contribution < 1.29 is 19.1 Å². The summed E-state index contributed by atoms with van der Waals surface area (Å²) < 4.78 is 4.74. The molecule has 7 heteroatoms. The maximum absolute atomic E-state index is 12.7. The molecule has 1 atom stereocenters. The molecule has 0 aliphatic carbocycles. The van der Waals surface area contributed by atoms with E-state index in [9.17, 15) is 14.4 Å². The van der Waals surface area contributed by atoms with E-state index in [0.29, 0.717) is 16.9 Å². The molecule has 1 unspecified atom stereocenters. The molecule has 1 heterocycles. The Morgan fingerprint density at radius 1 is 0.900 bits per heavy atom. The van der Waals surface area contributed by atoms with Crippen LogP contribution in [0.4, 0.5) is 5.69 Å². The SMILES string of the molecule is COC(=O)CC(NC(=O)c1ccc(NC(=O)c2ccccn2)cc1)c1ccccc1. The van der Waals surface area contributed by atoms with Gasteiger partial charge in [0.15, 0.2) is 0 Å². The van der Waals surface area contributed by atoms with Crippen LogP contribution in [0.2, 0.25) is 0 Å². The first-order valence-corrected chi connectivity index (χ1v) is 9.32. The number of ether oxygens (including phenoxy) is 1. The van der Waals surface area contributed by atoms with Crippen LogP contribution in [0, 0.1) is 0 Å². The normalized spacial score (nSPS) is 11.2. The van der Waals surface area contributed by atoms with Crippen molar-refractivity contribution in [1.82, 2.24) is 10.3 Å². The molecule has 2 amide bonds. The fourth-order valence-electron chi connectivity index (χ4n) is 2.83. The molecule has 0 aliphatic rings. The van der Waals surface area contributed by atoms with E-state index in [1.165, 1.54) is 7.11 Å². The molecule has 1 aromatic heterocycles. The summed E-state index contributed by atoms with van der Waals surface area (Å²) in [6, 6.07) is 20.2. The second-order valence-corrected chi connectivity index (χ2v) is 6.46.